The largest absolute Gasteiger partial charge is 0.488 e. The van der Waals surface area contributed by atoms with Crippen LogP contribution in [0.15, 0.2) is 66.7 Å². The van der Waals surface area contributed by atoms with Gasteiger partial charge in [0.05, 0.1) is 22.7 Å². The number of aromatic nitrogens is 2. The molecule has 5 amide bonds. The van der Waals surface area contributed by atoms with Crippen molar-refractivity contribution in [3.8, 4) is 22.6 Å². The summed E-state index contributed by atoms with van der Waals surface area (Å²) in [5.41, 5.74) is 2.12. The molecule has 5 aromatic rings. The van der Waals surface area contributed by atoms with Crippen LogP contribution in [0.2, 0.25) is 5.02 Å². The number of fused-ring (bicyclic) bond motifs is 2. The van der Waals surface area contributed by atoms with E-state index in [4.69, 9.17) is 21.1 Å². The topological polar surface area (TPSA) is 171 Å². The van der Waals surface area contributed by atoms with Gasteiger partial charge >= 0.3 is 6.03 Å². The predicted octanol–water partition coefficient (Wildman–Crippen LogP) is 7.76. The second-order valence-corrected chi connectivity index (χ2v) is 20.6. The Bertz CT molecular complexity index is 2920. The highest BCUT2D eigenvalue weighted by molar-refractivity contribution is 6.34. The van der Waals surface area contributed by atoms with Gasteiger partial charge in [-0.25, -0.2) is 13.6 Å². The smallest absolute Gasteiger partial charge is 0.329 e. The van der Waals surface area contributed by atoms with Crippen LogP contribution >= 0.6 is 11.6 Å². The Kier molecular flexibility index (Phi) is 14.5. The molecule has 1 aromatic heterocycles. The molecule has 4 N–H and O–H groups in total. The van der Waals surface area contributed by atoms with Crippen molar-refractivity contribution in [3.63, 3.8) is 0 Å². The number of urea groups is 1. The van der Waals surface area contributed by atoms with Gasteiger partial charge in [0.1, 0.15) is 18.2 Å². The van der Waals surface area contributed by atoms with Crippen molar-refractivity contribution in [2.75, 3.05) is 64.4 Å². The SMILES string of the molecule is CNC(=O)c1ccc(OCCO)c(F)c1-c1c(Cl)c(F)cc2c1[C@H](C)[C@@](CNC1CCC(C(=O)N3CCC(N4CCC(c5ccc6c(N7CCC(=O)NC7=O)nn(C)c6c5)CC4)CC3)CC1)(c1ccccc1)O2. The Morgan fingerprint density at radius 1 is 0.932 bits per heavy atom. The first kappa shape index (κ1) is 50.4. The summed E-state index contributed by atoms with van der Waals surface area (Å²) >= 11 is 6.79. The molecule has 386 valence electrons. The van der Waals surface area contributed by atoms with E-state index in [1.54, 1.807) is 4.90 Å². The highest BCUT2D eigenvalue weighted by Gasteiger charge is 2.50. The van der Waals surface area contributed by atoms with Crippen LogP contribution in [0.5, 0.6) is 11.5 Å². The van der Waals surface area contributed by atoms with E-state index in [2.05, 4.69) is 49.0 Å². The van der Waals surface area contributed by atoms with Gasteiger partial charge in [0, 0.05) is 98.8 Å². The summed E-state index contributed by atoms with van der Waals surface area (Å²) in [7, 11) is 3.31. The minimum Gasteiger partial charge on any atom is -0.488 e. The standard InChI is InChI=1S/C55H63ClF2N8O7/c1-32-46-44(30-41(57)49(56)48(46)47-40(52(69)59-2)15-16-43(50(47)58)72-28-27-67)73-55(32,36-7-5-4-6-8-36)31-60-37-12-9-34(10-13-37)53(70)65-24-19-38(20-25-65)64-22-17-33(18-23-64)35-11-14-39-42(29-35)63(3)62-51(39)66-26-21-45(68)61-54(66)71/h4-8,11,14-16,29-30,32-34,37-38,60,67H,9-10,12-13,17-28,31H2,1-3H3,(H,59,69)(H,61,68,71)/t32-,34?,37?,55-/m0/s1. The van der Waals surface area contributed by atoms with Crippen LogP contribution in [0.4, 0.5) is 19.4 Å². The third kappa shape index (κ3) is 9.53. The molecule has 18 heteroatoms. The van der Waals surface area contributed by atoms with Crippen molar-refractivity contribution in [3.05, 3.63) is 106 Å². The molecule has 10 rings (SSSR count). The lowest BCUT2D eigenvalue weighted by Crippen LogP contribution is -2.51. The van der Waals surface area contributed by atoms with Gasteiger partial charge in [-0.1, -0.05) is 54.9 Å². The zero-order chi connectivity index (χ0) is 51.1. The fourth-order valence-electron chi connectivity index (χ4n) is 12.2. The van der Waals surface area contributed by atoms with E-state index >= 15 is 8.78 Å². The zero-order valence-corrected chi connectivity index (χ0v) is 42.3. The van der Waals surface area contributed by atoms with E-state index in [9.17, 15) is 24.3 Å². The van der Waals surface area contributed by atoms with E-state index in [1.165, 1.54) is 30.8 Å². The highest BCUT2D eigenvalue weighted by atomic mass is 35.5. The van der Waals surface area contributed by atoms with E-state index in [0.717, 1.165) is 94.0 Å². The minimum atomic E-state index is -1.09. The predicted molar refractivity (Wildman–Crippen MR) is 273 cm³/mol. The average molecular weight is 1020 g/mol. The number of aliphatic hydroxyl groups excluding tert-OH is 1. The summed E-state index contributed by atoms with van der Waals surface area (Å²) in [5, 5.41) is 23.3. The molecule has 1 aliphatic carbocycles. The molecule has 0 bridgehead atoms. The molecule has 5 aliphatic rings. The van der Waals surface area contributed by atoms with Gasteiger partial charge in [-0.2, -0.15) is 5.10 Å². The monoisotopic (exact) mass is 1020 g/mol. The number of likely N-dealkylation sites (tertiary alicyclic amines) is 2. The zero-order valence-electron chi connectivity index (χ0n) is 41.5. The van der Waals surface area contributed by atoms with Gasteiger partial charge in [-0.3, -0.25) is 29.3 Å². The number of ether oxygens (including phenoxy) is 2. The third-order valence-electron chi connectivity index (χ3n) is 16.3. The molecule has 15 nitrogen and oxygen atoms in total. The van der Waals surface area contributed by atoms with Crippen LogP contribution in [0.25, 0.3) is 22.0 Å². The van der Waals surface area contributed by atoms with Crippen LogP contribution < -0.4 is 30.3 Å². The van der Waals surface area contributed by atoms with Crippen molar-refractivity contribution < 1.29 is 42.5 Å². The van der Waals surface area contributed by atoms with Crippen LogP contribution in [0, 0.1) is 17.6 Å². The molecule has 73 heavy (non-hydrogen) atoms. The molecule has 2 atom stereocenters. The van der Waals surface area contributed by atoms with E-state index in [1.807, 2.05) is 49.0 Å². The number of anilines is 1. The Hall–Kier alpha value is -6.14. The number of nitrogens with zero attached hydrogens (tertiary/aromatic N) is 5. The number of benzene rings is 4. The van der Waals surface area contributed by atoms with Gasteiger partial charge in [-0.05, 0) is 106 Å². The van der Waals surface area contributed by atoms with Crippen molar-refractivity contribution in [1.82, 2.24) is 35.5 Å². The maximum absolute atomic E-state index is 16.6. The fraction of sp³-hybridized carbons (Fsp3) is 0.473. The van der Waals surface area contributed by atoms with Crippen molar-refractivity contribution in [1.29, 1.82) is 0 Å². The number of imide groups is 1. The summed E-state index contributed by atoms with van der Waals surface area (Å²) < 4.78 is 46.8. The van der Waals surface area contributed by atoms with Gasteiger partial charge in [-0.15, -0.1) is 0 Å². The van der Waals surface area contributed by atoms with E-state index in [0.29, 0.717) is 36.4 Å². The fourth-order valence-corrected chi connectivity index (χ4v) is 12.5. The number of rotatable bonds is 13. The molecular weight excluding hydrogens is 958 g/mol. The van der Waals surface area contributed by atoms with Crippen LogP contribution in [-0.4, -0.2) is 120 Å². The number of hydrogen-bond donors (Lipinski definition) is 4. The maximum atomic E-state index is 16.6. The number of aryl methyl sites for hydroxylation is 1. The third-order valence-corrected chi connectivity index (χ3v) is 16.6. The number of piperidine rings is 2. The van der Waals surface area contributed by atoms with Crippen molar-refractivity contribution in [2.24, 2.45) is 13.0 Å². The van der Waals surface area contributed by atoms with Gasteiger partial charge in [0.15, 0.2) is 23.0 Å². The van der Waals surface area contributed by atoms with Crippen molar-refractivity contribution in [2.45, 2.75) is 94.2 Å². The van der Waals surface area contributed by atoms with E-state index < -0.39 is 35.1 Å². The number of halogens is 3. The molecule has 0 radical (unpaired) electrons. The van der Waals surface area contributed by atoms with Crippen molar-refractivity contribution >= 4 is 52.1 Å². The molecular formula is C55H63ClF2N8O7. The first-order valence-electron chi connectivity index (χ1n) is 25.7. The van der Waals surface area contributed by atoms with Crippen LogP contribution in [0.1, 0.15) is 104 Å². The number of aliphatic hydroxyl groups is 1. The summed E-state index contributed by atoms with van der Waals surface area (Å²) in [6.07, 6.45) is 7.30. The Morgan fingerprint density at radius 3 is 2.37 bits per heavy atom. The number of nitrogens with one attached hydrogen (secondary N) is 3. The summed E-state index contributed by atoms with van der Waals surface area (Å²) in [6.45, 7) is 5.49. The molecule has 0 spiro atoms. The van der Waals surface area contributed by atoms with Gasteiger partial charge in [0.2, 0.25) is 11.8 Å². The molecule has 5 heterocycles. The minimum absolute atomic E-state index is 0.000210. The molecule has 1 saturated carbocycles. The molecule has 3 saturated heterocycles. The molecule has 4 aliphatic heterocycles. The number of carbonyl (C=O) groups excluding carboxylic acids is 4. The van der Waals surface area contributed by atoms with Crippen LogP contribution in [-0.2, 0) is 22.2 Å². The Labute approximate surface area is 428 Å². The Balaban J connectivity index is 0.754. The lowest BCUT2D eigenvalue weighted by molar-refractivity contribution is -0.138. The first-order chi connectivity index (χ1) is 35.3. The lowest BCUT2D eigenvalue weighted by atomic mass is 9.77. The number of amides is 5. The average Bonchev–Trinajstić information content (AvgIpc) is 3.89. The second-order valence-electron chi connectivity index (χ2n) is 20.3. The Morgan fingerprint density at radius 2 is 1.67 bits per heavy atom. The molecule has 4 aromatic carbocycles. The number of carbonyl (C=O) groups is 4. The maximum Gasteiger partial charge on any atom is 0.329 e. The lowest BCUT2D eigenvalue weighted by Gasteiger charge is -2.43. The molecule has 0 unspecified atom stereocenters. The van der Waals surface area contributed by atoms with Gasteiger partial charge in [0.25, 0.3) is 5.91 Å². The van der Waals surface area contributed by atoms with E-state index in [-0.39, 0.29) is 76.6 Å². The summed E-state index contributed by atoms with van der Waals surface area (Å²) in [4.78, 5) is 57.9. The number of hydrogen-bond acceptors (Lipinski definition) is 10. The second kappa shape index (κ2) is 21.0. The highest BCUT2D eigenvalue weighted by Crippen LogP contribution is 2.56. The normalized spacial score (nSPS) is 23.1. The van der Waals surface area contributed by atoms with Crippen LogP contribution in [0.3, 0.4) is 0 Å². The quantitative estimate of drug-likeness (QED) is 0.0915. The summed E-state index contributed by atoms with van der Waals surface area (Å²) in [6, 6.07) is 20.0. The summed E-state index contributed by atoms with van der Waals surface area (Å²) in [5.74, 6) is -2.02. The molecule has 4 fully saturated rings. The van der Waals surface area contributed by atoms with Gasteiger partial charge < -0.3 is 35.0 Å². The first-order valence-corrected chi connectivity index (χ1v) is 26.1.